The van der Waals surface area contributed by atoms with Crippen LogP contribution in [0.4, 0.5) is 0 Å². The Morgan fingerprint density at radius 2 is 1.91 bits per heavy atom. The molecule has 5 unspecified atom stereocenters. The highest BCUT2D eigenvalue weighted by atomic mass is 16.7. The molecule has 0 spiro atoms. The van der Waals surface area contributed by atoms with Crippen molar-refractivity contribution in [2.75, 3.05) is 13.7 Å². The lowest BCUT2D eigenvalue weighted by molar-refractivity contribution is -0.277. The Morgan fingerprint density at radius 1 is 1.17 bits per heavy atom. The van der Waals surface area contributed by atoms with E-state index < -0.39 is 37.3 Å². The molecule has 1 heterocycles. The van der Waals surface area contributed by atoms with Crippen molar-refractivity contribution in [3.05, 3.63) is 36.4 Å². The molecule has 1 aromatic carbocycles. The molecule has 0 radical (unpaired) electrons. The molecule has 23 heavy (non-hydrogen) atoms. The van der Waals surface area contributed by atoms with Gasteiger partial charge < -0.3 is 34.6 Å². The van der Waals surface area contributed by atoms with Crippen molar-refractivity contribution in [3.63, 3.8) is 0 Å². The van der Waals surface area contributed by atoms with Gasteiger partial charge in [0.2, 0.25) is 6.29 Å². The zero-order chi connectivity index (χ0) is 17.0. The number of aliphatic hydroxyl groups is 4. The topological polar surface area (TPSA) is 109 Å². The molecule has 1 aliphatic rings. The van der Waals surface area contributed by atoms with E-state index in [4.69, 9.17) is 14.2 Å². The van der Waals surface area contributed by atoms with E-state index in [9.17, 15) is 20.4 Å². The Balaban J connectivity index is 2.22. The largest absolute Gasteiger partial charge is 0.493 e. The summed E-state index contributed by atoms with van der Waals surface area (Å²) in [4.78, 5) is 0. The fourth-order valence-electron chi connectivity index (χ4n) is 2.40. The molecule has 7 heteroatoms. The van der Waals surface area contributed by atoms with Crippen LogP contribution in [0.2, 0.25) is 0 Å². The molecular weight excluding hydrogens is 304 g/mol. The normalized spacial score (nSPS) is 30.7. The number of rotatable bonds is 6. The lowest BCUT2D eigenvalue weighted by Gasteiger charge is -2.39. The fourth-order valence-corrected chi connectivity index (χ4v) is 2.40. The lowest BCUT2D eigenvalue weighted by Crippen LogP contribution is -2.60. The van der Waals surface area contributed by atoms with E-state index in [1.807, 2.05) is 6.07 Å². The number of hydrogen-bond donors (Lipinski definition) is 4. The van der Waals surface area contributed by atoms with Crippen molar-refractivity contribution in [1.29, 1.82) is 0 Å². The average Bonchev–Trinajstić information content (AvgIpc) is 2.56. The predicted octanol–water partition coefficient (Wildman–Crippen LogP) is -0.398. The Hall–Kier alpha value is -1.64. The second-order valence-corrected chi connectivity index (χ2v) is 5.29. The van der Waals surface area contributed by atoms with Crippen LogP contribution in [0.25, 0.3) is 0 Å². The van der Waals surface area contributed by atoms with Gasteiger partial charge in [-0.05, 0) is 24.1 Å². The number of aliphatic hydroxyl groups excluding tert-OH is 4. The van der Waals surface area contributed by atoms with Crippen molar-refractivity contribution in [2.24, 2.45) is 0 Å². The van der Waals surface area contributed by atoms with Crippen molar-refractivity contribution in [1.82, 2.24) is 0 Å². The lowest BCUT2D eigenvalue weighted by atomic mass is 9.99. The molecule has 7 nitrogen and oxygen atoms in total. The van der Waals surface area contributed by atoms with Gasteiger partial charge in [-0.3, -0.25) is 0 Å². The second-order valence-electron chi connectivity index (χ2n) is 5.29. The Kier molecular flexibility index (Phi) is 5.97. The van der Waals surface area contributed by atoms with E-state index in [-0.39, 0.29) is 0 Å². The van der Waals surface area contributed by atoms with Gasteiger partial charge in [-0.2, -0.15) is 0 Å². The predicted molar refractivity (Wildman–Crippen MR) is 81.3 cm³/mol. The van der Waals surface area contributed by atoms with Gasteiger partial charge in [-0.25, -0.2) is 0 Å². The molecule has 2 rings (SSSR count). The van der Waals surface area contributed by atoms with Crippen LogP contribution >= 0.6 is 0 Å². The maximum absolute atomic E-state index is 10.0. The summed E-state index contributed by atoms with van der Waals surface area (Å²) < 4.78 is 16.1. The number of ether oxygens (including phenoxy) is 3. The zero-order valence-electron chi connectivity index (χ0n) is 12.8. The van der Waals surface area contributed by atoms with E-state index in [1.165, 1.54) is 7.11 Å². The van der Waals surface area contributed by atoms with Gasteiger partial charge in [0.05, 0.1) is 13.7 Å². The summed E-state index contributed by atoms with van der Waals surface area (Å²) in [6.45, 7) is 3.15. The first-order valence-electron chi connectivity index (χ1n) is 7.26. The third kappa shape index (κ3) is 3.82. The highest BCUT2D eigenvalue weighted by Gasteiger charge is 2.44. The van der Waals surface area contributed by atoms with Crippen LogP contribution in [0.3, 0.4) is 0 Å². The van der Waals surface area contributed by atoms with Crippen LogP contribution in [0.5, 0.6) is 11.5 Å². The second kappa shape index (κ2) is 7.76. The number of allylic oxidation sites excluding steroid dienone is 1. The van der Waals surface area contributed by atoms with E-state index in [0.717, 1.165) is 5.56 Å². The van der Waals surface area contributed by atoms with E-state index in [0.29, 0.717) is 17.9 Å². The molecule has 0 saturated carbocycles. The Labute approximate surface area is 134 Å². The van der Waals surface area contributed by atoms with Crippen molar-refractivity contribution in [2.45, 2.75) is 37.1 Å². The Morgan fingerprint density at radius 3 is 2.52 bits per heavy atom. The maximum atomic E-state index is 10.0. The van der Waals surface area contributed by atoms with E-state index >= 15 is 0 Å². The van der Waals surface area contributed by atoms with E-state index in [1.54, 1.807) is 18.2 Å². The standard InChI is InChI=1S/C16H22O7/c1-3-4-9-5-6-10(21-2)11(7-9)22-16-15(20)14(19)13(18)12(8-17)23-16/h3,5-7,12-20H,1,4,8H2,2H3. The molecule has 1 aliphatic heterocycles. The summed E-state index contributed by atoms with van der Waals surface area (Å²) in [5, 5.41) is 38.8. The van der Waals surface area contributed by atoms with Crippen LogP contribution in [0, 0.1) is 0 Å². The summed E-state index contributed by atoms with van der Waals surface area (Å²) in [6, 6.07) is 5.26. The highest BCUT2D eigenvalue weighted by Crippen LogP contribution is 2.32. The average molecular weight is 326 g/mol. The molecule has 1 aromatic rings. The summed E-state index contributed by atoms with van der Waals surface area (Å²) in [6.07, 6.45) is -4.31. The molecule has 1 fully saturated rings. The van der Waals surface area contributed by atoms with Crippen LogP contribution in [0.15, 0.2) is 30.9 Å². The SMILES string of the molecule is C=CCc1ccc(OC)c(OC2OC(CO)C(O)C(O)C2O)c1. The minimum atomic E-state index is -1.49. The number of methoxy groups -OCH3 is 1. The zero-order valence-corrected chi connectivity index (χ0v) is 12.8. The first kappa shape index (κ1) is 17.7. The minimum absolute atomic E-state index is 0.316. The third-order valence-electron chi connectivity index (χ3n) is 3.70. The quantitative estimate of drug-likeness (QED) is 0.527. The van der Waals surface area contributed by atoms with Crippen LogP contribution < -0.4 is 9.47 Å². The van der Waals surface area contributed by atoms with Gasteiger partial charge in [0.25, 0.3) is 0 Å². The van der Waals surface area contributed by atoms with Gasteiger partial charge >= 0.3 is 0 Å². The highest BCUT2D eigenvalue weighted by molar-refractivity contribution is 5.43. The van der Waals surface area contributed by atoms with Crippen molar-refractivity contribution >= 4 is 0 Å². The smallest absolute Gasteiger partial charge is 0.229 e. The van der Waals surface area contributed by atoms with Gasteiger partial charge in [0.1, 0.15) is 24.4 Å². The molecule has 0 aromatic heterocycles. The first-order chi connectivity index (χ1) is 11.0. The summed E-state index contributed by atoms with van der Waals surface area (Å²) in [5.41, 5.74) is 0.917. The monoisotopic (exact) mass is 326 g/mol. The molecule has 5 atom stereocenters. The Bertz CT molecular complexity index is 531. The molecule has 1 saturated heterocycles. The summed E-state index contributed by atoms with van der Waals surface area (Å²) in [7, 11) is 1.47. The molecule has 0 amide bonds. The van der Waals surface area contributed by atoms with Gasteiger partial charge in [0, 0.05) is 0 Å². The van der Waals surface area contributed by atoms with Gasteiger partial charge in [-0.1, -0.05) is 12.1 Å². The minimum Gasteiger partial charge on any atom is -0.493 e. The van der Waals surface area contributed by atoms with Crippen molar-refractivity contribution in [3.8, 4) is 11.5 Å². The van der Waals surface area contributed by atoms with Crippen LogP contribution in [-0.2, 0) is 11.2 Å². The summed E-state index contributed by atoms with van der Waals surface area (Å²) >= 11 is 0. The summed E-state index contributed by atoms with van der Waals surface area (Å²) in [5.74, 6) is 0.742. The fraction of sp³-hybridized carbons (Fsp3) is 0.500. The third-order valence-corrected chi connectivity index (χ3v) is 3.70. The number of hydrogen-bond acceptors (Lipinski definition) is 7. The molecule has 0 aliphatic carbocycles. The molecular formula is C16H22O7. The van der Waals surface area contributed by atoms with Gasteiger partial charge in [0.15, 0.2) is 11.5 Å². The van der Waals surface area contributed by atoms with Gasteiger partial charge in [-0.15, -0.1) is 6.58 Å². The molecule has 0 bridgehead atoms. The number of benzene rings is 1. The van der Waals surface area contributed by atoms with Crippen LogP contribution in [-0.4, -0.2) is 64.8 Å². The molecule has 128 valence electrons. The van der Waals surface area contributed by atoms with Crippen LogP contribution in [0.1, 0.15) is 5.56 Å². The van der Waals surface area contributed by atoms with E-state index in [2.05, 4.69) is 6.58 Å². The van der Waals surface area contributed by atoms with Crippen molar-refractivity contribution < 1.29 is 34.6 Å². The maximum Gasteiger partial charge on any atom is 0.229 e. The molecule has 4 N–H and O–H groups in total. The first-order valence-corrected chi connectivity index (χ1v) is 7.26.